The minimum atomic E-state index is -0.406. The molecule has 0 atom stereocenters. The number of carbonyl (C=O) groups is 1. The van der Waals surface area contributed by atoms with Gasteiger partial charge in [-0.15, -0.1) is 0 Å². The Bertz CT molecular complexity index is 1080. The molecule has 0 saturated carbocycles. The number of ketones is 1. The first kappa shape index (κ1) is 18.2. The second-order valence-corrected chi connectivity index (χ2v) is 6.92. The number of fused-ring (bicyclic) bond motifs is 1. The van der Waals surface area contributed by atoms with E-state index in [1.165, 1.54) is 35.0 Å². The van der Waals surface area contributed by atoms with Crippen LogP contribution in [0.4, 0.5) is 4.39 Å². The quantitative estimate of drug-likeness (QED) is 0.486. The number of carbonyl (C=O) groups excluding carboxylic acids is 1. The van der Waals surface area contributed by atoms with E-state index < -0.39 is 5.82 Å². The van der Waals surface area contributed by atoms with Crippen molar-refractivity contribution in [3.8, 4) is 17.2 Å². The van der Waals surface area contributed by atoms with Gasteiger partial charge in [0.25, 0.3) is 5.56 Å². The Balaban J connectivity index is 1.54. The number of ether oxygens (including phenoxy) is 2. The van der Waals surface area contributed by atoms with Gasteiger partial charge in [-0.2, -0.15) is 0 Å². The van der Waals surface area contributed by atoms with E-state index >= 15 is 0 Å². The van der Waals surface area contributed by atoms with Crippen molar-refractivity contribution in [2.24, 2.45) is 0 Å². The highest BCUT2D eigenvalue weighted by Crippen LogP contribution is 2.31. The fourth-order valence-electron chi connectivity index (χ4n) is 2.73. The molecule has 0 bridgehead atoms. The predicted octanol–water partition coefficient (Wildman–Crippen LogP) is 3.12. The molecule has 6 nitrogen and oxygen atoms in total. The molecule has 0 fully saturated rings. The summed E-state index contributed by atoms with van der Waals surface area (Å²) < 4.78 is 25.5. The Kier molecular flexibility index (Phi) is 5.12. The predicted molar refractivity (Wildman–Crippen MR) is 102 cm³/mol. The van der Waals surface area contributed by atoms with Gasteiger partial charge in [0, 0.05) is 24.0 Å². The number of hydrogen-bond acceptors (Lipinski definition) is 6. The number of thioether (sulfide) groups is 1. The van der Waals surface area contributed by atoms with Crippen molar-refractivity contribution in [2.45, 2.75) is 5.03 Å². The number of aromatic nitrogens is 2. The first-order valence-electron chi connectivity index (χ1n) is 8.51. The average Bonchev–Trinajstić information content (AvgIpc) is 2.73. The first-order chi connectivity index (χ1) is 13.6. The average molecular weight is 398 g/mol. The van der Waals surface area contributed by atoms with Crippen LogP contribution in [0.15, 0.2) is 64.7 Å². The summed E-state index contributed by atoms with van der Waals surface area (Å²) in [7, 11) is 0. The van der Waals surface area contributed by atoms with Crippen molar-refractivity contribution in [1.29, 1.82) is 0 Å². The lowest BCUT2D eigenvalue weighted by atomic mass is 10.1. The standard InChI is InChI=1S/C20H15FN2O4S/c21-14-3-1-13(2-4-14)16(24)12-28-19-20(25)23(8-7-22-19)15-5-6-17-18(11-15)27-10-9-26-17/h1-8,11H,9-10,12H2. The van der Waals surface area contributed by atoms with Crippen molar-refractivity contribution in [3.63, 3.8) is 0 Å². The van der Waals surface area contributed by atoms with Crippen LogP contribution >= 0.6 is 11.8 Å². The van der Waals surface area contributed by atoms with E-state index in [9.17, 15) is 14.0 Å². The summed E-state index contributed by atoms with van der Waals surface area (Å²) in [4.78, 5) is 29.1. The number of rotatable bonds is 5. The van der Waals surface area contributed by atoms with Crippen molar-refractivity contribution in [3.05, 3.63) is 76.6 Å². The van der Waals surface area contributed by atoms with Crippen LogP contribution in [0, 0.1) is 5.82 Å². The number of benzene rings is 2. The zero-order valence-corrected chi connectivity index (χ0v) is 15.4. The fraction of sp³-hybridized carbons (Fsp3) is 0.150. The third kappa shape index (κ3) is 3.77. The van der Waals surface area contributed by atoms with Crippen LogP contribution in [-0.4, -0.2) is 34.3 Å². The minimum absolute atomic E-state index is 0.0268. The molecule has 0 radical (unpaired) electrons. The lowest BCUT2D eigenvalue weighted by Crippen LogP contribution is -2.22. The Morgan fingerprint density at radius 2 is 1.86 bits per heavy atom. The molecule has 8 heteroatoms. The van der Waals surface area contributed by atoms with Crippen LogP contribution in [0.2, 0.25) is 0 Å². The summed E-state index contributed by atoms with van der Waals surface area (Å²) in [5.74, 6) is 0.626. The zero-order valence-electron chi connectivity index (χ0n) is 14.6. The monoisotopic (exact) mass is 398 g/mol. The molecule has 0 N–H and O–H groups in total. The third-order valence-electron chi connectivity index (χ3n) is 4.12. The molecule has 0 amide bonds. The van der Waals surface area contributed by atoms with E-state index in [1.54, 1.807) is 24.4 Å². The second kappa shape index (κ2) is 7.85. The van der Waals surface area contributed by atoms with Gasteiger partial charge in [0.15, 0.2) is 22.3 Å². The lowest BCUT2D eigenvalue weighted by Gasteiger charge is -2.19. The van der Waals surface area contributed by atoms with Gasteiger partial charge in [-0.1, -0.05) is 11.8 Å². The smallest absolute Gasteiger partial charge is 0.287 e. The van der Waals surface area contributed by atoms with Crippen molar-refractivity contribution in [2.75, 3.05) is 19.0 Å². The molecule has 2 aromatic carbocycles. The minimum Gasteiger partial charge on any atom is -0.486 e. The number of Topliss-reactive ketones (excluding diaryl/α,β-unsaturated/α-hetero) is 1. The number of hydrogen-bond donors (Lipinski definition) is 0. The molecule has 0 spiro atoms. The molecule has 1 aliphatic rings. The highest BCUT2D eigenvalue weighted by atomic mass is 32.2. The van der Waals surface area contributed by atoms with Gasteiger partial charge in [-0.3, -0.25) is 14.2 Å². The summed E-state index contributed by atoms with van der Waals surface area (Å²) in [5, 5.41) is 0.202. The highest BCUT2D eigenvalue weighted by molar-refractivity contribution is 7.99. The molecule has 3 aromatic rings. The Morgan fingerprint density at radius 1 is 1.11 bits per heavy atom. The van der Waals surface area contributed by atoms with E-state index in [1.807, 2.05) is 0 Å². The number of nitrogens with zero attached hydrogens (tertiary/aromatic N) is 2. The van der Waals surface area contributed by atoms with E-state index in [-0.39, 0.29) is 22.1 Å². The highest BCUT2D eigenvalue weighted by Gasteiger charge is 2.15. The van der Waals surface area contributed by atoms with Gasteiger partial charge in [0.1, 0.15) is 19.0 Å². The van der Waals surface area contributed by atoms with Gasteiger partial charge in [0.05, 0.1) is 11.4 Å². The summed E-state index contributed by atoms with van der Waals surface area (Å²) in [6, 6.07) is 10.5. The topological polar surface area (TPSA) is 70.4 Å². The third-order valence-corrected chi connectivity index (χ3v) is 5.08. The summed E-state index contributed by atoms with van der Waals surface area (Å²) in [5.41, 5.74) is 0.663. The molecular formula is C20H15FN2O4S. The molecule has 1 aliphatic heterocycles. The van der Waals surface area contributed by atoms with Gasteiger partial charge in [-0.05, 0) is 36.4 Å². The van der Waals surface area contributed by atoms with E-state index in [4.69, 9.17) is 9.47 Å². The summed E-state index contributed by atoms with van der Waals surface area (Å²) in [6.07, 6.45) is 3.06. The van der Waals surface area contributed by atoms with Crippen LogP contribution in [-0.2, 0) is 0 Å². The van der Waals surface area contributed by atoms with E-state index in [0.717, 1.165) is 11.8 Å². The van der Waals surface area contributed by atoms with Crippen molar-refractivity contribution < 1.29 is 18.7 Å². The maximum absolute atomic E-state index is 13.0. The second-order valence-electron chi connectivity index (χ2n) is 5.95. The molecule has 28 heavy (non-hydrogen) atoms. The molecule has 142 valence electrons. The van der Waals surface area contributed by atoms with Crippen LogP contribution < -0.4 is 15.0 Å². The fourth-order valence-corrected chi connectivity index (χ4v) is 3.52. The lowest BCUT2D eigenvalue weighted by molar-refractivity contribution is 0.102. The van der Waals surface area contributed by atoms with Gasteiger partial charge < -0.3 is 9.47 Å². The molecular weight excluding hydrogens is 383 g/mol. The van der Waals surface area contributed by atoms with Crippen molar-refractivity contribution in [1.82, 2.24) is 9.55 Å². The van der Waals surface area contributed by atoms with Crippen molar-refractivity contribution >= 4 is 17.5 Å². The largest absolute Gasteiger partial charge is 0.486 e. The summed E-state index contributed by atoms with van der Waals surface area (Å²) >= 11 is 1.05. The van der Waals surface area contributed by atoms with E-state index in [0.29, 0.717) is 36.0 Å². The maximum atomic E-state index is 13.0. The first-order valence-corrected chi connectivity index (χ1v) is 9.49. The Labute approximate surface area is 163 Å². The molecule has 0 aliphatic carbocycles. The van der Waals surface area contributed by atoms with Crippen LogP contribution in [0.5, 0.6) is 11.5 Å². The van der Waals surface area contributed by atoms with Gasteiger partial charge in [0.2, 0.25) is 0 Å². The van der Waals surface area contributed by atoms with Gasteiger partial charge in [-0.25, -0.2) is 9.37 Å². The number of halogens is 1. The molecule has 1 aromatic heterocycles. The van der Waals surface area contributed by atoms with Crippen LogP contribution in [0.3, 0.4) is 0 Å². The molecule has 0 saturated heterocycles. The molecule has 4 rings (SSSR count). The summed E-state index contributed by atoms with van der Waals surface area (Å²) in [6.45, 7) is 0.943. The van der Waals surface area contributed by atoms with Crippen LogP contribution in [0.1, 0.15) is 10.4 Å². The Hall–Kier alpha value is -3.13. The van der Waals surface area contributed by atoms with E-state index in [2.05, 4.69) is 4.98 Å². The Morgan fingerprint density at radius 3 is 2.64 bits per heavy atom. The zero-order chi connectivity index (χ0) is 19.5. The van der Waals surface area contributed by atoms with Gasteiger partial charge >= 0.3 is 0 Å². The molecule has 0 unspecified atom stereocenters. The molecule has 2 heterocycles. The van der Waals surface area contributed by atoms with Crippen LogP contribution in [0.25, 0.3) is 5.69 Å². The SMILES string of the molecule is O=C(CSc1nccn(-c2ccc3c(c2)OCCO3)c1=O)c1ccc(F)cc1. The maximum Gasteiger partial charge on any atom is 0.287 e. The normalized spacial score (nSPS) is 12.6.